The van der Waals surface area contributed by atoms with Gasteiger partial charge in [-0.1, -0.05) is 30.3 Å². The maximum atomic E-state index is 13.2. The van der Waals surface area contributed by atoms with Crippen molar-refractivity contribution in [1.82, 2.24) is 4.98 Å². The minimum atomic E-state index is -1.04. The van der Waals surface area contributed by atoms with Crippen LogP contribution in [0.1, 0.15) is 11.3 Å². The highest BCUT2D eigenvalue weighted by Gasteiger charge is 2.10. The van der Waals surface area contributed by atoms with Crippen LogP contribution in [0.4, 0.5) is 19.6 Å². The fraction of sp³-hybridized carbons (Fsp3) is 0.0500. The number of nitrogens with zero attached hydrogens (tertiary/aromatic N) is 1. The standard InChI is InChI=1S/C20H15F2N3O2S/c21-16-8-7-14(10-17(16)22)23-19(27)11-15-12-28-20(24-15)25-18(26)9-6-13-4-2-1-3-5-13/h1-10,12H,11H2,(H,23,27)(H,24,25,26). The minimum absolute atomic E-state index is 0.0643. The van der Waals surface area contributed by atoms with Gasteiger partial charge in [-0.25, -0.2) is 13.8 Å². The Morgan fingerprint density at radius 2 is 1.82 bits per heavy atom. The van der Waals surface area contributed by atoms with E-state index in [-0.39, 0.29) is 18.0 Å². The van der Waals surface area contributed by atoms with Crippen molar-refractivity contribution < 1.29 is 18.4 Å². The van der Waals surface area contributed by atoms with Crippen molar-refractivity contribution >= 4 is 40.0 Å². The van der Waals surface area contributed by atoms with Gasteiger partial charge >= 0.3 is 0 Å². The van der Waals surface area contributed by atoms with Crippen LogP contribution in [0.2, 0.25) is 0 Å². The van der Waals surface area contributed by atoms with Crippen LogP contribution in [0.25, 0.3) is 6.08 Å². The van der Waals surface area contributed by atoms with E-state index in [4.69, 9.17) is 0 Å². The van der Waals surface area contributed by atoms with Gasteiger partial charge in [-0.3, -0.25) is 14.9 Å². The molecule has 0 aliphatic heterocycles. The Morgan fingerprint density at radius 1 is 1.04 bits per heavy atom. The highest BCUT2D eigenvalue weighted by molar-refractivity contribution is 7.14. The number of anilines is 2. The normalized spacial score (nSPS) is 10.8. The molecule has 1 aromatic heterocycles. The summed E-state index contributed by atoms with van der Waals surface area (Å²) < 4.78 is 26.1. The number of rotatable bonds is 6. The van der Waals surface area contributed by atoms with E-state index in [1.54, 1.807) is 11.5 Å². The van der Waals surface area contributed by atoms with Crippen LogP contribution < -0.4 is 10.6 Å². The molecule has 2 amide bonds. The smallest absolute Gasteiger partial charge is 0.250 e. The molecule has 2 aromatic carbocycles. The summed E-state index contributed by atoms with van der Waals surface area (Å²) in [7, 11) is 0. The van der Waals surface area contributed by atoms with Crippen LogP contribution in [-0.4, -0.2) is 16.8 Å². The Labute approximate surface area is 163 Å². The van der Waals surface area contributed by atoms with Crippen molar-refractivity contribution in [3.8, 4) is 0 Å². The highest BCUT2D eigenvalue weighted by Crippen LogP contribution is 2.17. The Balaban J connectivity index is 1.53. The first-order valence-corrected chi connectivity index (χ1v) is 9.11. The highest BCUT2D eigenvalue weighted by atomic mass is 32.1. The molecule has 0 radical (unpaired) electrons. The van der Waals surface area contributed by atoms with Crippen molar-refractivity contribution in [2.75, 3.05) is 10.6 Å². The number of thiazole rings is 1. The predicted octanol–water partition coefficient (Wildman–Crippen LogP) is 4.25. The number of hydrogen-bond donors (Lipinski definition) is 2. The van der Waals surface area contributed by atoms with Gasteiger partial charge in [-0.15, -0.1) is 11.3 Å². The number of hydrogen-bond acceptors (Lipinski definition) is 4. The molecule has 5 nitrogen and oxygen atoms in total. The third-order valence-corrected chi connectivity index (χ3v) is 4.36. The van der Waals surface area contributed by atoms with Crippen LogP contribution in [0.3, 0.4) is 0 Å². The van der Waals surface area contributed by atoms with Gasteiger partial charge in [0, 0.05) is 23.2 Å². The average Bonchev–Trinajstić information content (AvgIpc) is 3.10. The molecule has 3 rings (SSSR count). The largest absolute Gasteiger partial charge is 0.326 e. The maximum absolute atomic E-state index is 13.2. The molecule has 0 saturated carbocycles. The number of halogens is 2. The molecule has 0 aliphatic rings. The second-order valence-electron chi connectivity index (χ2n) is 5.73. The summed E-state index contributed by atoms with van der Waals surface area (Å²) in [6.45, 7) is 0. The van der Waals surface area contributed by atoms with Crippen molar-refractivity contribution in [2.45, 2.75) is 6.42 Å². The van der Waals surface area contributed by atoms with E-state index < -0.39 is 17.5 Å². The van der Waals surface area contributed by atoms with E-state index in [0.717, 1.165) is 17.7 Å². The zero-order valence-corrected chi connectivity index (χ0v) is 15.3. The molecule has 1 heterocycles. The summed E-state index contributed by atoms with van der Waals surface area (Å²) in [5.41, 5.74) is 1.50. The lowest BCUT2D eigenvalue weighted by molar-refractivity contribution is -0.115. The summed E-state index contributed by atoms with van der Waals surface area (Å²) in [4.78, 5) is 28.1. The fourth-order valence-electron chi connectivity index (χ4n) is 2.27. The summed E-state index contributed by atoms with van der Waals surface area (Å²) in [5, 5.41) is 7.10. The molecule has 0 bridgehead atoms. The van der Waals surface area contributed by atoms with Crippen LogP contribution in [0, 0.1) is 11.6 Å². The molecule has 0 spiro atoms. The van der Waals surface area contributed by atoms with Crippen molar-refractivity contribution in [3.63, 3.8) is 0 Å². The number of amides is 2. The number of carbonyl (C=O) groups excluding carboxylic acids is 2. The maximum Gasteiger partial charge on any atom is 0.250 e. The molecular weight excluding hydrogens is 384 g/mol. The van der Waals surface area contributed by atoms with Gasteiger partial charge in [-0.05, 0) is 23.8 Å². The van der Waals surface area contributed by atoms with Crippen molar-refractivity contribution in [1.29, 1.82) is 0 Å². The summed E-state index contributed by atoms with van der Waals surface area (Å²) in [5.74, 6) is -2.80. The van der Waals surface area contributed by atoms with E-state index in [9.17, 15) is 18.4 Å². The van der Waals surface area contributed by atoms with E-state index >= 15 is 0 Å². The molecule has 28 heavy (non-hydrogen) atoms. The van der Waals surface area contributed by atoms with Gasteiger partial charge in [0.05, 0.1) is 12.1 Å². The zero-order valence-electron chi connectivity index (χ0n) is 14.5. The van der Waals surface area contributed by atoms with Gasteiger partial charge in [0.1, 0.15) is 0 Å². The first kappa shape index (κ1) is 19.4. The molecule has 142 valence electrons. The number of nitrogens with one attached hydrogen (secondary N) is 2. The number of benzene rings is 2. The lowest BCUT2D eigenvalue weighted by Crippen LogP contribution is -2.15. The van der Waals surface area contributed by atoms with E-state index in [0.29, 0.717) is 10.8 Å². The zero-order chi connectivity index (χ0) is 19.9. The van der Waals surface area contributed by atoms with Crippen LogP contribution in [0.5, 0.6) is 0 Å². The average molecular weight is 399 g/mol. The fourth-order valence-corrected chi connectivity index (χ4v) is 2.99. The Hall–Kier alpha value is -3.39. The lowest BCUT2D eigenvalue weighted by atomic mass is 10.2. The van der Waals surface area contributed by atoms with Gasteiger partial charge in [-0.2, -0.15) is 0 Å². The van der Waals surface area contributed by atoms with E-state index in [1.807, 2.05) is 30.3 Å². The van der Waals surface area contributed by atoms with Crippen molar-refractivity contribution in [2.24, 2.45) is 0 Å². The van der Waals surface area contributed by atoms with E-state index in [1.165, 1.54) is 23.5 Å². The second-order valence-corrected chi connectivity index (χ2v) is 6.59. The first-order valence-electron chi connectivity index (χ1n) is 8.23. The first-order chi connectivity index (χ1) is 13.5. The molecule has 8 heteroatoms. The summed E-state index contributed by atoms with van der Waals surface area (Å²) in [6, 6.07) is 12.5. The Morgan fingerprint density at radius 3 is 2.57 bits per heavy atom. The monoisotopic (exact) mass is 399 g/mol. The second kappa shape index (κ2) is 9.01. The molecule has 2 N–H and O–H groups in total. The Kier molecular flexibility index (Phi) is 6.23. The molecule has 3 aromatic rings. The Bertz CT molecular complexity index is 1020. The molecule has 0 fully saturated rings. The van der Waals surface area contributed by atoms with Crippen LogP contribution in [-0.2, 0) is 16.0 Å². The number of aromatic nitrogens is 1. The van der Waals surface area contributed by atoms with E-state index in [2.05, 4.69) is 15.6 Å². The van der Waals surface area contributed by atoms with Gasteiger partial charge in [0.25, 0.3) is 0 Å². The topological polar surface area (TPSA) is 71.1 Å². The minimum Gasteiger partial charge on any atom is -0.326 e. The third kappa shape index (κ3) is 5.55. The molecule has 0 unspecified atom stereocenters. The van der Waals surface area contributed by atoms with Gasteiger partial charge < -0.3 is 5.32 Å². The third-order valence-electron chi connectivity index (χ3n) is 3.55. The summed E-state index contributed by atoms with van der Waals surface area (Å²) in [6.07, 6.45) is 3.01. The molecule has 0 aliphatic carbocycles. The summed E-state index contributed by atoms with van der Waals surface area (Å²) >= 11 is 1.19. The molecular formula is C20H15F2N3O2S. The lowest BCUT2D eigenvalue weighted by Gasteiger charge is -2.04. The van der Waals surface area contributed by atoms with Crippen LogP contribution >= 0.6 is 11.3 Å². The molecule has 0 atom stereocenters. The predicted molar refractivity (Wildman–Crippen MR) is 105 cm³/mol. The van der Waals surface area contributed by atoms with Crippen LogP contribution in [0.15, 0.2) is 60.0 Å². The van der Waals surface area contributed by atoms with Gasteiger partial charge in [0.2, 0.25) is 11.8 Å². The molecule has 0 saturated heterocycles. The SMILES string of the molecule is O=C(C=Cc1ccccc1)Nc1nc(CC(=O)Nc2ccc(F)c(F)c2)cs1. The quantitative estimate of drug-likeness (QED) is 0.609. The number of carbonyl (C=O) groups is 2. The van der Waals surface area contributed by atoms with Crippen molar-refractivity contribution in [3.05, 3.63) is 82.9 Å². The van der Waals surface area contributed by atoms with Gasteiger partial charge in [0.15, 0.2) is 16.8 Å².